The molecular formula is C19H21ClN2O2. The molecule has 1 N–H and O–H groups in total. The lowest BCUT2D eigenvalue weighted by Gasteiger charge is -2.26. The number of nitrogens with zero attached hydrogens (tertiary/aromatic N) is 1. The van der Waals surface area contributed by atoms with Gasteiger partial charge in [0.1, 0.15) is 5.75 Å². The number of amides is 2. The third-order valence-electron chi connectivity index (χ3n) is 4.20. The van der Waals surface area contributed by atoms with Crippen molar-refractivity contribution in [3.63, 3.8) is 0 Å². The highest BCUT2D eigenvalue weighted by atomic mass is 35.5. The van der Waals surface area contributed by atoms with Crippen molar-refractivity contribution in [3.8, 4) is 5.75 Å². The molecule has 0 saturated carbocycles. The van der Waals surface area contributed by atoms with Crippen LogP contribution >= 0.6 is 11.6 Å². The molecule has 1 saturated heterocycles. The van der Waals surface area contributed by atoms with Crippen LogP contribution in [0.1, 0.15) is 31.4 Å². The number of benzene rings is 2. The predicted octanol–water partition coefficient (Wildman–Crippen LogP) is 5.11. The van der Waals surface area contributed by atoms with Crippen LogP contribution in [0.3, 0.4) is 0 Å². The highest BCUT2D eigenvalue weighted by molar-refractivity contribution is 6.30. The van der Waals surface area contributed by atoms with E-state index >= 15 is 0 Å². The number of para-hydroxylation sites is 2. The molecule has 0 bridgehead atoms. The molecule has 2 amide bonds. The fourth-order valence-electron chi connectivity index (χ4n) is 3.08. The van der Waals surface area contributed by atoms with Crippen LogP contribution in [0, 0.1) is 0 Å². The zero-order chi connectivity index (χ0) is 16.9. The van der Waals surface area contributed by atoms with Crippen molar-refractivity contribution < 1.29 is 9.53 Å². The minimum atomic E-state index is -0.0976. The van der Waals surface area contributed by atoms with Gasteiger partial charge in [0.2, 0.25) is 0 Å². The molecule has 1 fully saturated rings. The molecule has 4 nitrogen and oxygen atoms in total. The summed E-state index contributed by atoms with van der Waals surface area (Å²) in [7, 11) is 0. The zero-order valence-electron chi connectivity index (χ0n) is 13.7. The second-order valence-corrected chi connectivity index (χ2v) is 6.20. The smallest absolute Gasteiger partial charge is 0.322 e. The molecule has 2 aromatic carbocycles. The number of halogens is 1. The number of carbonyl (C=O) groups excluding carboxylic acids is 1. The van der Waals surface area contributed by atoms with Crippen LogP contribution in [-0.2, 0) is 0 Å². The Kier molecular flexibility index (Phi) is 5.26. The maximum atomic E-state index is 12.8. The summed E-state index contributed by atoms with van der Waals surface area (Å²) in [5.74, 6) is 0.690. The third kappa shape index (κ3) is 3.65. The van der Waals surface area contributed by atoms with Gasteiger partial charge in [0, 0.05) is 11.6 Å². The lowest BCUT2D eigenvalue weighted by atomic mass is 10.1. The number of carbonyl (C=O) groups is 1. The second-order valence-electron chi connectivity index (χ2n) is 5.76. The van der Waals surface area contributed by atoms with Gasteiger partial charge in [0.15, 0.2) is 0 Å². The van der Waals surface area contributed by atoms with Crippen molar-refractivity contribution in [1.82, 2.24) is 4.90 Å². The summed E-state index contributed by atoms with van der Waals surface area (Å²) in [5, 5.41) is 3.69. The molecule has 2 aromatic rings. The van der Waals surface area contributed by atoms with Crippen LogP contribution in [0.5, 0.6) is 5.75 Å². The van der Waals surface area contributed by atoms with Crippen molar-refractivity contribution in [2.24, 2.45) is 0 Å². The van der Waals surface area contributed by atoms with Crippen LogP contribution in [0.25, 0.3) is 0 Å². The second kappa shape index (κ2) is 7.58. The van der Waals surface area contributed by atoms with E-state index in [0.717, 1.165) is 24.9 Å². The van der Waals surface area contributed by atoms with Crippen molar-refractivity contribution in [2.45, 2.75) is 25.8 Å². The normalized spacial score (nSPS) is 16.9. The van der Waals surface area contributed by atoms with Crippen LogP contribution in [0.2, 0.25) is 5.02 Å². The monoisotopic (exact) mass is 344 g/mol. The molecule has 3 rings (SSSR count). The van der Waals surface area contributed by atoms with Gasteiger partial charge in [0.05, 0.1) is 18.3 Å². The molecule has 1 atom stereocenters. The zero-order valence-corrected chi connectivity index (χ0v) is 14.4. The average Bonchev–Trinajstić information content (AvgIpc) is 3.07. The van der Waals surface area contributed by atoms with Gasteiger partial charge in [-0.3, -0.25) is 0 Å². The van der Waals surface area contributed by atoms with Crippen LogP contribution in [0.15, 0.2) is 48.5 Å². The van der Waals surface area contributed by atoms with Crippen molar-refractivity contribution in [2.75, 3.05) is 18.5 Å². The Labute approximate surface area is 147 Å². The Morgan fingerprint density at radius 2 is 2.00 bits per heavy atom. The standard InChI is InChI=1S/C19H21ClN2O2/c1-2-24-18-8-4-3-6-16(18)21-19(23)22-13-5-7-17(22)14-9-11-15(20)12-10-14/h3-4,6,8-12,17H,2,5,7,13H2,1H3,(H,21,23). The third-order valence-corrected chi connectivity index (χ3v) is 4.45. The number of hydrogen-bond acceptors (Lipinski definition) is 2. The molecule has 126 valence electrons. The largest absolute Gasteiger partial charge is 0.492 e. The molecule has 5 heteroatoms. The molecular weight excluding hydrogens is 324 g/mol. The summed E-state index contributed by atoms with van der Waals surface area (Å²) in [5.41, 5.74) is 1.82. The summed E-state index contributed by atoms with van der Waals surface area (Å²) in [6.07, 6.45) is 1.95. The Balaban J connectivity index is 1.75. The van der Waals surface area contributed by atoms with Crippen molar-refractivity contribution in [1.29, 1.82) is 0 Å². The molecule has 0 radical (unpaired) electrons. The first-order valence-corrected chi connectivity index (χ1v) is 8.61. The summed E-state index contributed by atoms with van der Waals surface area (Å²) in [4.78, 5) is 14.6. The van der Waals surface area contributed by atoms with Crippen LogP contribution in [0.4, 0.5) is 10.5 Å². The minimum Gasteiger partial charge on any atom is -0.492 e. The number of anilines is 1. The van der Waals surface area contributed by atoms with E-state index in [1.807, 2.05) is 60.4 Å². The van der Waals surface area contributed by atoms with Crippen molar-refractivity contribution in [3.05, 3.63) is 59.1 Å². The summed E-state index contributed by atoms with van der Waals surface area (Å²) < 4.78 is 5.58. The van der Waals surface area contributed by atoms with E-state index < -0.39 is 0 Å². The maximum Gasteiger partial charge on any atom is 0.322 e. The summed E-state index contributed by atoms with van der Waals surface area (Å²) in [6, 6.07) is 15.2. The highest BCUT2D eigenvalue weighted by Crippen LogP contribution is 2.33. The van der Waals surface area contributed by atoms with Crippen LogP contribution < -0.4 is 10.1 Å². The molecule has 1 aliphatic heterocycles. The van der Waals surface area contributed by atoms with Gasteiger partial charge >= 0.3 is 6.03 Å². The Hall–Kier alpha value is -2.20. The fourth-order valence-corrected chi connectivity index (χ4v) is 3.21. The van der Waals surface area contributed by atoms with Gasteiger partial charge in [-0.2, -0.15) is 0 Å². The number of rotatable bonds is 4. The minimum absolute atomic E-state index is 0.0847. The number of likely N-dealkylation sites (tertiary alicyclic amines) is 1. The Morgan fingerprint density at radius 1 is 1.25 bits per heavy atom. The Bertz CT molecular complexity index is 703. The van der Waals surface area contributed by atoms with Gasteiger partial charge in [0.25, 0.3) is 0 Å². The lowest BCUT2D eigenvalue weighted by molar-refractivity contribution is 0.207. The lowest BCUT2D eigenvalue weighted by Crippen LogP contribution is -2.34. The fraction of sp³-hybridized carbons (Fsp3) is 0.316. The van der Waals surface area contributed by atoms with Gasteiger partial charge < -0.3 is 15.0 Å². The van der Waals surface area contributed by atoms with E-state index in [4.69, 9.17) is 16.3 Å². The molecule has 0 aliphatic carbocycles. The molecule has 24 heavy (non-hydrogen) atoms. The quantitative estimate of drug-likeness (QED) is 0.837. The van der Waals surface area contributed by atoms with Gasteiger partial charge in [-0.15, -0.1) is 0 Å². The molecule has 0 aromatic heterocycles. The van der Waals surface area contributed by atoms with E-state index in [1.54, 1.807) is 0 Å². The van der Waals surface area contributed by atoms with Crippen LogP contribution in [-0.4, -0.2) is 24.1 Å². The van der Waals surface area contributed by atoms with E-state index in [2.05, 4.69) is 5.32 Å². The molecule has 0 spiro atoms. The highest BCUT2D eigenvalue weighted by Gasteiger charge is 2.30. The first-order valence-electron chi connectivity index (χ1n) is 8.24. The van der Waals surface area contributed by atoms with E-state index in [0.29, 0.717) is 23.1 Å². The SMILES string of the molecule is CCOc1ccccc1NC(=O)N1CCCC1c1ccc(Cl)cc1. The number of urea groups is 1. The number of nitrogens with one attached hydrogen (secondary N) is 1. The first kappa shape index (κ1) is 16.7. The van der Waals surface area contributed by atoms with Gasteiger partial charge in [-0.25, -0.2) is 4.79 Å². The summed E-state index contributed by atoms with van der Waals surface area (Å²) in [6.45, 7) is 3.23. The molecule has 1 heterocycles. The molecule has 1 unspecified atom stereocenters. The number of ether oxygens (including phenoxy) is 1. The van der Waals surface area contributed by atoms with E-state index in [1.165, 1.54) is 0 Å². The van der Waals surface area contributed by atoms with Crippen molar-refractivity contribution >= 4 is 23.3 Å². The topological polar surface area (TPSA) is 41.6 Å². The maximum absolute atomic E-state index is 12.8. The van der Waals surface area contributed by atoms with E-state index in [9.17, 15) is 4.79 Å². The van der Waals surface area contributed by atoms with E-state index in [-0.39, 0.29) is 12.1 Å². The Morgan fingerprint density at radius 3 is 2.75 bits per heavy atom. The predicted molar refractivity (Wildman–Crippen MR) is 96.8 cm³/mol. The van der Waals surface area contributed by atoms with Gasteiger partial charge in [-0.05, 0) is 49.6 Å². The first-order chi connectivity index (χ1) is 11.7. The van der Waals surface area contributed by atoms with Gasteiger partial charge in [-0.1, -0.05) is 35.9 Å². The number of hydrogen-bond donors (Lipinski definition) is 1. The molecule has 1 aliphatic rings. The summed E-state index contributed by atoms with van der Waals surface area (Å²) >= 11 is 5.96. The average molecular weight is 345 g/mol.